The molecule has 1 saturated heterocycles. The average molecular weight is 332 g/mol. The number of hydrogen-bond donors (Lipinski definition) is 1. The lowest BCUT2D eigenvalue weighted by Crippen LogP contribution is -2.47. The molecule has 1 aromatic rings. The zero-order valence-corrected chi connectivity index (χ0v) is 11.6. The summed E-state index contributed by atoms with van der Waals surface area (Å²) in [6.07, 6.45) is 6.06. The van der Waals surface area contributed by atoms with Crippen LogP contribution in [0.1, 0.15) is 19.8 Å². The van der Waals surface area contributed by atoms with Crippen LogP contribution in [-0.4, -0.2) is 29.1 Å². The van der Waals surface area contributed by atoms with Gasteiger partial charge in [-0.3, -0.25) is 0 Å². The van der Waals surface area contributed by atoms with Gasteiger partial charge < -0.3 is 10.6 Å². The molecule has 0 bridgehead atoms. The molecule has 2 atom stereocenters. The zero-order valence-electron chi connectivity index (χ0n) is 9.43. The Bertz CT molecular complexity index is 340. The summed E-state index contributed by atoms with van der Waals surface area (Å²) in [4.78, 5) is 11.0. The molecule has 0 aliphatic carbocycles. The van der Waals surface area contributed by atoms with Crippen LogP contribution in [0, 0.1) is 9.49 Å². The summed E-state index contributed by atoms with van der Waals surface area (Å²) in [7, 11) is 0. The first-order valence-electron chi connectivity index (χ1n) is 5.65. The van der Waals surface area contributed by atoms with Crippen LogP contribution >= 0.6 is 22.6 Å². The number of halogens is 1. The minimum absolute atomic E-state index is 0.392. The van der Waals surface area contributed by atoms with E-state index in [-0.39, 0.29) is 0 Å². The third-order valence-electron chi connectivity index (χ3n) is 3.11. The van der Waals surface area contributed by atoms with Crippen LogP contribution in [0.2, 0.25) is 0 Å². The van der Waals surface area contributed by atoms with Crippen LogP contribution in [0.4, 0.5) is 5.95 Å². The normalized spacial score (nSPS) is 25.8. The number of nitrogens with two attached hydrogens (primary N) is 1. The maximum Gasteiger partial charge on any atom is 0.225 e. The molecule has 1 aliphatic heterocycles. The summed E-state index contributed by atoms with van der Waals surface area (Å²) >= 11 is 2.22. The van der Waals surface area contributed by atoms with E-state index in [2.05, 4.69) is 44.4 Å². The van der Waals surface area contributed by atoms with Gasteiger partial charge in [-0.2, -0.15) is 0 Å². The fourth-order valence-corrected chi connectivity index (χ4v) is 2.47. The van der Waals surface area contributed by atoms with Crippen molar-refractivity contribution in [2.45, 2.75) is 25.8 Å². The summed E-state index contributed by atoms with van der Waals surface area (Å²) in [5.74, 6) is 1.58. The fraction of sp³-hybridized carbons (Fsp3) is 0.636. The second kappa shape index (κ2) is 5.27. The Hall–Kier alpha value is -0.430. The van der Waals surface area contributed by atoms with E-state index in [0.29, 0.717) is 12.6 Å². The van der Waals surface area contributed by atoms with E-state index < -0.39 is 0 Å². The van der Waals surface area contributed by atoms with Gasteiger partial charge in [-0.1, -0.05) is 6.92 Å². The van der Waals surface area contributed by atoms with Gasteiger partial charge in [0.25, 0.3) is 0 Å². The number of anilines is 1. The van der Waals surface area contributed by atoms with Crippen LogP contribution in [0.5, 0.6) is 0 Å². The highest BCUT2D eigenvalue weighted by atomic mass is 127. The van der Waals surface area contributed by atoms with E-state index in [1.54, 1.807) is 0 Å². The van der Waals surface area contributed by atoms with Crippen LogP contribution in [0.3, 0.4) is 0 Å². The largest absolute Gasteiger partial charge is 0.337 e. The van der Waals surface area contributed by atoms with Gasteiger partial charge in [-0.15, -0.1) is 0 Å². The number of rotatable bonds is 2. The Labute approximate surface area is 110 Å². The predicted octanol–water partition coefficient (Wildman–Crippen LogP) is 1.64. The topological polar surface area (TPSA) is 55.0 Å². The van der Waals surface area contributed by atoms with Gasteiger partial charge in [0.2, 0.25) is 5.95 Å². The Morgan fingerprint density at radius 1 is 1.50 bits per heavy atom. The lowest BCUT2D eigenvalue weighted by Gasteiger charge is -2.37. The van der Waals surface area contributed by atoms with Crippen molar-refractivity contribution in [3.63, 3.8) is 0 Å². The maximum absolute atomic E-state index is 5.82. The molecule has 0 amide bonds. The van der Waals surface area contributed by atoms with Gasteiger partial charge in [0, 0.05) is 35.1 Å². The van der Waals surface area contributed by atoms with Gasteiger partial charge in [0.15, 0.2) is 0 Å². The Morgan fingerprint density at radius 2 is 2.19 bits per heavy atom. The summed E-state index contributed by atoms with van der Waals surface area (Å²) in [5, 5.41) is 0. The Morgan fingerprint density at radius 3 is 2.81 bits per heavy atom. The molecule has 1 aliphatic rings. The molecule has 1 fully saturated rings. The first kappa shape index (κ1) is 12.0. The van der Waals surface area contributed by atoms with E-state index in [1.165, 1.54) is 6.42 Å². The van der Waals surface area contributed by atoms with E-state index in [0.717, 1.165) is 28.4 Å². The molecule has 4 nitrogen and oxygen atoms in total. The molecule has 0 aromatic carbocycles. The first-order chi connectivity index (χ1) is 7.70. The second-order valence-corrected chi connectivity index (χ2v) is 5.66. The Balaban J connectivity index is 2.15. The zero-order chi connectivity index (χ0) is 11.5. The smallest absolute Gasteiger partial charge is 0.225 e. The van der Waals surface area contributed by atoms with Crippen molar-refractivity contribution < 1.29 is 0 Å². The van der Waals surface area contributed by atoms with Gasteiger partial charge in [0.05, 0.1) is 0 Å². The number of hydrogen-bond acceptors (Lipinski definition) is 4. The van der Waals surface area contributed by atoms with Crippen molar-refractivity contribution in [2.75, 3.05) is 18.0 Å². The van der Waals surface area contributed by atoms with Crippen LogP contribution in [0.15, 0.2) is 12.4 Å². The third kappa shape index (κ3) is 2.63. The van der Waals surface area contributed by atoms with E-state index in [1.807, 2.05) is 12.4 Å². The highest BCUT2D eigenvalue weighted by Crippen LogP contribution is 2.24. The number of nitrogens with zero attached hydrogens (tertiary/aromatic N) is 3. The molecule has 0 spiro atoms. The maximum atomic E-state index is 5.82. The van der Waals surface area contributed by atoms with Crippen LogP contribution < -0.4 is 10.6 Å². The molecule has 0 radical (unpaired) electrons. The monoisotopic (exact) mass is 332 g/mol. The van der Waals surface area contributed by atoms with Crippen LogP contribution in [0.25, 0.3) is 0 Å². The van der Waals surface area contributed by atoms with Gasteiger partial charge in [-0.05, 0) is 41.4 Å². The SMILES string of the molecule is CC1CCN(c2ncc(I)cn2)C(CN)C1. The molecule has 2 heterocycles. The summed E-state index contributed by atoms with van der Waals surface area (Å²) in [6, 6.07) is 0.392. The molecule has 2 unspecified atom stereocenters. The third-order valence-corrected chi connectivity index (χ3v) is 3.67. The van der Waals surface area contributed by atoms with Crippen molar-refractivity contribution in [1.29, 1.82) is 0 Å². The molecule has 88 valence electrons. The van der Waals surface area contributed by atoms with Crippen molar-refractivity contribution in [3.05, 3.63) is 16.0 Å². The highest BCUT2D eigenvalue weighted by molar-refractivity contribution is 14.1. The molecule has 2 rings (SSSR count). The molecule has 0 saturated carbocycles. The van der Waals surface area contributed by atoms with Crippen molar-refractivity contribution in [3.8, 4) is 0 Å². The summed E-state index contributed by atoms with van der Waals surface area (Å²) in [5.41, 5.74) is 5.82. The molecular formula is C11H17IN4. The van der Waals surface area contributed by atoms with Crippen LogP contribution in [-0.2, 0) is 0 Å². The van der Waals surface area contributed by atoms with Crippen molar-refractivity contribution in [1.82, 2.24) is 9.97 Å². The molecule has 2 N–H and O–H groups in total. The van der Waals surface area contributed by atoms with Crippen molar-refractivity contribution in [2.24, 2.45) is 11.7 Å². The van der Waals surface area contributed by atoms with Gasteiger partial charge in [0.1, 0.15) is 0 Å². The fourth-order valence-electron chi connectivity index (χ4n) is 2.19. The summed E-state index contributed by atoms with van der Waals surface area (Å²) in [6.45, 7) is 3.98. The average Bonchev–Trinajstić information content (AvgIpc) is 2.30. The Kier molecular flexibility index (Phi) is 3.96. The minimum Gasteiger partial charge on any atom is -0.337 e. The van der Waals surface area contributed by atoms with E-state index >= 15 is 0 Å². The molecular weight excluding hydrogens is 315 g/mol. The molecule has 1 aromatic heterocycles. The second-order valence-electron chi connectivity index (χ2n) is 4.41. The van der Waals surface area contributed by atoms with Gasteiger partial charge in [-0.25, -0.2) is 9.97 Å². The highest BCUT2D eigenvalue weighted by Gasteiger charge is 2.26. The summed E-state index contributed by atoms with van der Waals surface area (Å²) < 4.78 is 1.07. The number of piperidine rings is 1. The quantitative estimate of drug-likeness (QED) is 0.837. The molecule has 16 heavy (non-hydrogen) atoms. The standard InChI is InChI=1S/C11H17IN4/c1-8-2-3-16(10(4-8)5-13)11-14-6-9(12)7-15-11/h6-8,10H,2-5,13H2,1H3. The lowest BCUT2D eigenvalue weighted by atomic mass is 9.93. The molecule has 5 heteroatoms. The van der Waals surface area contributed by atoms with E-state index in [4.69, 9.17) is 5.73 Å². The minimum atomic E-state index is 0.392. The van der Waals surface area contributed by atoms with Gasteiger partial charge >= 0.3 is 0 Å². The number of aromatic nitrogens is 2. The van der Waals surface area contributed by atoms with E-state index in [9.17, 15) is 0 Å². The predicted molar refractivity (Wildman–Crippen MR) is 73.3 cm³/mol. The first-order valence-corrected chi connectivity index (χ1v) is 6.73. The lowest BCUT2D eigenvalue weighted by molar-refractivity contribution is 0.363. The van der Waals surface area contributed by atoms with Crippen molar-refractivity contribution >= 4 is 28.5 Å².